The van der Waals surface area contributed by atoms with Gasteiger partial charge in [0.2, 0.25) is 0 Å². The standard InChI is InChI=1S/C13H13BrFN5O/c1-7-17-11(19-18-7)6-16-13(21)20-3-2-8-4-9(14)5-10(15)12(8)20/h4-5H,2-3,6H2,1H3,(H,16,21)(H,17,18,19). The summed E-state index contributed by atoms with van der Waals surface area (Å²) < 4.78 is 14.7. The maximum absolute atomic E-state index is 14.0. The van der Waals surface area contributed by atoms with E-state index >= 15 is 0 Å². The van der Waals surface area contributed by atoms with Crippen LogP contribution in [-0.4, -0.2) is 27.8 Å². The summed E-state index contributed by atoms with van der Waals surface area (Å²) in [6.45, 7) is 2.44. The first-order valence-electron chi connectivity index (χ1n) is 6.46. The van der Waals surface area contributed by atoms with Crippen molar-refractivity contribution in [2.75, 3.05) is 11.4 Å². The summed E-state index contributed by atoms with van der Waals surface area (Å²) in [5, 5.41) is 9.34. The number of nitrogens with zero attached hydrogens (tertiary/aromatic N) is 3. The van der Waals surface area contributed by atoms with Crippen LogP contribution in [0.5, 0.6) is 0 Å². The van der Waals surface area contributed by atoms with Crippen molar-refractivity contribution < 1.29 is 9.18 Å². The molecule has 1 aliphatic rings. The molecule has 0 saturated heterocycles. The Morgan fingerprint density at radius 2 is 2.38 bits per heavy atom. The van der Waals surface area contributed by atoms with Gasteiger partial charge in [-0.3, -0.25) is 10.00 Å². The monoisotopic (exact) mass is 353 g/mol. The molecule has 110 valence electrons. The van der Waals surface area contributed by atoms with E-state index in [-0.39, 0.29) is 12.6 Å². The van der Waals surface area contributed by atoms with E-state index in [4.69, 9.17) is 0 Å². The van der Waals surface area contributed by atoms with Crippen molar-refractivity contribution in [2.45, 2.75) is 19.9 Å². The third kappa shape index (κ3) is 2.76. The van der Waals surface area contributed by atoms with Crippen LogP contribution in [-0.2, 0) is 13.0 Å². The first-order chi connectivity index (χ1) is 10.0. The van der Waals surface area contributed by atoms with Crippen molar-refractivity contribution >= 4 is 27.6 Å². The molecule has 2 amide bonds. The van der Waals surface area contributed by atoms with Gasteiger partial charge >= 0.3 is 6.03 Å². The Hall–Kier alpha value is -1.96. The molecule has 8 heteroatoms. The maximum atomic E-state index is 14.0. The van der Waals surface area contributed by atoms with Crippen LogP contribution in [0.1, 0.15) is 17.2 Å². The first-order valence-corrected chi connectivity index (χ1v) is 7.25. The summed E-state index contributed by atoms with van der Waals surface area (Å²) in [5.41, 5.74) is 1.17. The highest BCUT2D eigenvalue weighted by atomic mass is 79.9. The molecule has 0 aliphatic carbocycles. The molecule has 21 heavy (non-hydrogen) atoms. The average molecular weight is 354 g/mol. The lowest BCUT2D eigenvalue weighted by Crippen LogP contribution is -2.39. The number of fused-ring (bicyclic) bond motifs is 1. The number of aromatic nitrogens is 3. The fraction of sp³-hybridized carbons (Fsp3) is 0.308. The molecular formula is C13H13BrFN5O. The molecule has 2 N–H and O–H groups in total. The highest BCUT2D eigenvalue weighted by Gasteiger charge is 2.28. The Morgan fingerprint density at radius 3 is 3.10 bits per heavy atom. The third-order valence-corrected chi connectivity index (χ3v) is 3.73. The Labute approximate surface area is 128 Å². The van der Waals surface area contributed by atoms with Crippen LogP contribution in [0, 0.1) is 12.7 Å². The number of carbonyl (C=O) groups is 1. The number of urea groups is 1. The number of nitrogens with one attached hydrogen (secondary N) is 2. The lowest BCUT2D eigenvalue weighted by molar-refractivity contribution is 0.246. The number of H-pyrrole nitrogens is 1. The molecule has 0 bridgehead atoms. The molecule has 3 rings (SSSR count). The van der Waals surface area contributed by atoms with Gasteiger partial charge in [-0.2, -0.15) is 5.10 Å². The minimum absolute atomic E-state index is 0.202. The molecule has 0 fully saturated rings. The molecule has 0 unspecified atom stereocenters. The molecule has 0 saturated carbocycles. The van der Waals surface area contributed by atoms with Crippen molar-refractivity contribution in [1.82, 2.24) is 20.5 Å². The quantitative estimate of drug-likeness (QED) is 0.869. The van der Waals surface area contributed by atoms with Crippen LogP contribution in [0.15, 0.2) is 16.6 Å². The molecule has 0 atom stereocenters. The van der Waals surface area contributed by atoms with E-state index in [2.05, 4.69) is 36.4 Å². The van der Waals surface area contributed by atoms with E-state index in [1.54, 1.807) is 6.92 Å². The number of halogens is 2. The van der Waals surface area contributed by atoms with E-state index in [1.165, 1.54) is 11.0 Å². The molecule has 0 spiro atoms. The summed E-state index contributed by atoms with van der Waals surface area (Å²) in [7, 11) is 0. The lowest BCUT2D eigenvalue weighted by atomic mass is 10.1. The van der Waals surface area contributed by atoms with E-state index in [9.17, 15) is 9.18 Å². The van der Waals surface area contributed by atoms with Gasteiger partial charge in [-0.25, -0.2) is 14.2 Å². The van der Waals surface area contributed by atoms with Gasteiger partial charge in [-0.15, -0.1) is 0 Å². The molecule has 0 radical (unpaired) electrons. The van der Waals surface area contributed by atoms with Gasteiger partial charge in [0.15, 0.2) is 5.82 Å². The van der Waals surface area contributed by atoms with E-state index in [0.717, 1.165) is 5.56 Å². The second kappa shape index (κ2) is 5.44. The summed E-state index contributed by atoms with van der Waals surface area (Å²) in [4.78, 5) is 17.7. The highest BCUT2D eigenvalue weighted by molar-refractivity contribution is 9.10. The topological polar surface area (TPSA) is 73.9 Å². The SMILES string of the molecule is Cc1nc(CNC(=O)N2CCc3cc(Br)cc(F)c32)n[nH]1. The zero-order chi connectivity index (χ0) is 15.0. The second-order valence-electron chi connectivity index (χ2n) is 4.79. The van der Waals surface area contributed by atoms with Gasteiger partial charge in [0.05, 0.1) is 12.2 Å². The minimum Gasteiger partial charge on any atom is -0.330 e. The van der Waals surface area contributed by atoms with E-state index in [0.29, 0.717) is 34.8 Å². The Kier molecular flexibility index (Phi) is 3.62. The van der Waals surface area contributed by atoms with Gasteiger partial charge in [0, 0.05) is 11.0 Å². The molecule has 1 aromatic heterocycles. The van der Waals surface area contributed by atoms with Gasteiger partial charge in [-0.05, 0) is 31.0 Å². The Balaban J connectivity index is 1.73. The molecule has 2 heterocycles. The average Bonchev–Trinajstić information content (AvgIpc) is 3.02. The largest absolute Gasteiger partial charge is 0.330 e. The van der Waals surface area contributed by atoms with Crippen molar-refractivity contribution in [2.24, 2.45) is 0 Å². The molecule has 1 aliphatic heterocycles. The minimum atomic E-state index is -0.402. The van der Waals surface area contributed by atoms with Crippen LogP contribution in [0.3, 0.4) is 0 Å². The highest BCUT2D eigenvalue weighted by Crippen LogP contribution is 2.33. The van der Waals surface area contributed by atoms with Crippen molar-refractivity contribution in [1.29, 1.82) is 0 Å². The number of carbonyl (C=O) groups excluding carboxylic acids is 1. The predicted octanol–water partition coefficient (Wildman–Crippen LogP) is 2.29. The van der Waals surface area contributed by atoms with Crippen molar-refractivity contribution in [3.63, 3.8) is 0 Å². The number of aromatic amines is 1. The predicted molar refractivity (Wildman–Crippen MR) is 78.5 cm³/mol. The van der Waals surface area contributed by atoms with Gasteiger partial charge < -0.3 is 5.32 Å². The number of hydrogen-bond donors (Lipinski definition) is 2. The second-order valence-corrected chi connectivity index (χ2v) is 5.71. The van der Waals surface area contributed by atoms with Gasteiger partial charge in [-0.1, -0.05) is 15.9 Å². The Morgan fingerprint density at radius 1 is 1.57 bits per heavy atom. The third-order valence-electron chi connectivity index (χ3n) is 3.27. The number of amides is 2. The zero-order valence-electron chi connectivity index (χ0n) is 11.3. The van der Waals surface area contributed by atoms with E-state index < -0.39 is 5.82 Å². The van der Waals surface area contributed by atoms with E-state index in [1.807, 2.05) is 6.07 Å². The van der Waals surface area contributed by atoms with Crippen molar-refractivity contribution in [3.8, 4) is 0 Å². The zero-order valence-corrected chi connectivity index (χ0v) is 12.9. The smallest absolute Gasteiger partial charge is 0.322 e. The molecular weight excluding hydrogens is 341 g/mol. The van der Waals surface area contributed by atoms with Crippen LogP contribution < -0.4 is 10.2 Å². The van der Waals surface area contributed by atoms with Gasteiger partial charge in [0.1, 0.15) is 11.6 Å². The van der Waals surface area contributed by atoms with Crippen LogP contribution in [0.4, 0.5) is 14.9 Å². The summed E-state index contributed by atoms with van der Waals surface area (Å²) in [6.07, 6.45) is 0.638. The fourth-order valence-corrected chi connectivity index (χ4v) is 2.85. The number of aryl methyl sites for hydroxylation is 1. The number of benzene rings is 1. The van der Waals surface area contributed by atoms with Gasteiger partial charge in [0.25, 0.3) is 0 Å². The number of anilines is 1. The number of rotatable bonds is 2. The molecule has 2 aromatic rings. The van der Waals surface area contributed by atoms with Crippen molar-refractivity contribution in [3.05, 3.63) is 39.6 Å². The lowest BCUT2D eigenvalue weighted by Gasteiger charge is -2.18. The van der Waals surface area contributed by atoms with Crippen LogP contribution in [0.25, 0.3) is 0 Å². The molecule has 1 aromatic carbocycles. The Bertz CT molecular complexity index is 702. The fourth-order valence-electron chi connectivity index (χ4n) is 2.38. The summed E-state index contributed by atoms with van der Waals surface area (Å²) >= 11 is 3.26. The summed E-state index contributed by atoms with van der Waals surface area (Å²) in [6, 6.07) is 2.85. The number of hydrogen-bond acceptors (Lipinski definition) is 3. The summed E-state index contributed by atoms with van der Waals surface area (Å²) in [5.74, 6) is 0.777. The normalized spacial score (nSPS) is 13.4. The van der Waals surface area contributed by atoms with Crippen LogP contribution >= 0.6 is 15.9 Å². The van der Waals surface area contributed by atoms with Crippen LogP contribution in [0.2, 0.25) is 0 Å². The first kappa shape index (κ1) is 14.0. The maximum Gasteiger partial charge on any atom is 0.322 e. The molecule has 6 nitrogen and oxygen atoms in total.